The summed E-state index contributed by atoms with van der Waals surface area (Å²) in [6, 6.07) is 8.97. The van der Waals surface area contributed by atoms with Crippen LogP contribution in [0.5, 0.6) is 0 Å². The highest BCUT2D eigenvalue weighted by molar-refractivity contribution is 5.92. The van der Waals surface area contributed by atoms with Crippen LogP contribution in [0.1, 0.15) is 35.8 Å². The number of rotatable bonds is 4. The summed E-state index contributed by atoms with van der Waals surface area (Å²) in [5, 5.41) is 2.95. The van der Waals surface area contributed by atoms with Gasteiger partial charge in [0.05, 0.1) is 12.3 Å². The van der Waals surface area contributed by atoms with Crippen molar-refractivity contribution in [3.63, 3.8) is 0 Å². The van der Waals surface area contributed by atoms with Gasteiger partial charge in [-0.15, -0.1) is 0 Å². The minimum atomic E-state index is -0.228. The molecule has 1 aliphatic rings. The lowest BCUT2D eigenvalue weighted by Crippen LogP contribution is -2.43. The van der Waals surface area contributed by atoms with Crippen molar-refractivity contribution in [3.05, 3.63) is 51.9 Å². The molecule has 25 heavy (non-hydrogen) atoms. The fraction of sp³-hybridized carbons (Fsp3) is 0.474. The molecule has 6 nitrogen and oxygen atoms in total. The fourth-order valence-corrected chi connectivity index (χ4v) is 3.30. The molecule has 1 fully saturated rings. The first kappa shape index (κ1) is 17.5. The predicted octanol–water partition coefficient (Wildman–Crippen LogP) is 2.36. The first-order valence-electron chi connectivity index (χ1n) is 8.59. The van der Waals surface area contributed by atoms with E-state index >= 15 is 0 Å². The van der Waals surface area contributed by atoms with Gasteiger partial charge in [-0.3, -0.25) is 14.7 Å². The lowest BCUT2D eigenvalue weighted by atomic mass is 9.81. The van der Waals surface area contributed by atoms with Gasteiger partial charge in [0.15, 0.2) is 0 Å². The Bertz CT molecular complexity index is 796. The van der Waals surface area contributed by atoms with Crippen molar-refractivity contribution >= 4 is 5.91 Å². The number of carbonyl (C=O) groups is 1. The number of aromatic amines is 1. The molecule has 2 heterocycles. The average molecular weight is 343 g/mol. The van der Waals surface area contributed by atoms with E-state index in [9.17, 15) is 9.59 Å². The van der Waals surface area contributed by atoms with Gasteiger partial charge in [-0.2, -0.15) is 0 Å². The van der Waals surface area contributed by atoms with Gasteiger partial charge < -0.3 is 9.64 Å². The molecule has 0 atom stereocenters. The van der Waals surface area contributed by atoms with Crippen molar-refractivity contribution in [2.45, 2.75) is 26.7 Å². The number of aromatic nitrogens is 2. The molecule has 0 bridgehead atoms. The topological polar surface area (TPSA) is 67.3 Å². The molecule has 1 N–H and O–H groups in total. The lowest BCUT2D eigenvalue weighted by molar-refractivity contribution is 0.0298. The molecule has 3 rings (SSSR count). The van der Waals surface area contributed by atoms with Crippen molar-refractivity contribution in [1.82, 2.24) is 14.7 Å². The van der Waals surface area contributed by atoms with Crippen LogP contribution in [0.4, 0.5) is 0 Å². The molecule has 134 valence electrons. The Kier molecular flexibility index (Phi) is 4.81. The van der Waals surface area contributed by atoms with E-state index in [0.717, 1.165) is 24.1 Å². The van der Waals surface area contributed by atoms with Crippen LogP contribution in [0.15, 0.2) is 35.1 Å². The molecule has 0 unspecified atom stereocenters. The molecule has 6 heteroatoms. The standard InChI is InChI=1S/C19H25N3O3/c1-14-4-6-15(7-5-14)22-17(23)12-16(20-22)18(24)21-10-8-19(2,9-11-21)13-25-3/h4-7,12,20H,8-11,13H2,1-3H3. The monoisotopic (exact) mass is 343 g/mol. The van der Waals surface area contributed by atoms with E-state index in [0.29, 0.717) is 25.4 Å². The number of likely N-dealkylation sites (tertiary alicyclic amines) is 1. The highest BCUT2D eigenvalue weighted by Crippen LogP contribution is 2.31. The van der Waals surface area contributed by atoms with Crippen LogP contribution in [0.3, 0.4) is 0 Å². The highest BCUT2D eigenvalue weighted by Gasteiger charge is 2.32. The third-order valence-corrected chi connectivity index (χ3v) is 4.99. The number of ether oxygens (including phenoxy) is 1. The molecule has 1 aromatic carbocycles. The van der Waals surface area contributed by atoms with E-state index in [1.165, 1.54) is 10.7 Å². The zero-order valence-corrected chi connectivity index (χ0v) is 15.0. The number of hydrogen-bond acceptors (Lipinski definition) is 3. The number of piperidine rings is 1. The first-order chi connectivity index (χ1) is 11.9. The minimum Gasteiger partial charge on any atom is -0.384 e. The highest BCUT2D eigenvalue weighted by atomic mass is 16.5. The minimum absolute atomic E-state index is 0.118. The van der Waals surface area contributed by atoms with E-state index in [2.05, 4.69) is 12.0 Å². The SMILES string of the molecule is COCC1(C)CCN(C(=O)c2cc(=O)n(-c3ccc(C)cc3)[nH]2)CC1. The Morgan fingerprint density at radius 1 is 1.24 bits per heavy atom. The predicted molar refractivity (Wildman–Crippen MR) is 96.2 cm³/mol. The van der Waals surface area contributed by atoms with Crippen molar-refractivity contribution in [3.8, 4) is 5.69 Å². The van der Waals surface area contributed by atoms with Gasteiger partial charge in [0.2, 0.25) is 0 Å². The van der Waals surface area contributed by atoms with E-state index in [1.54, 1.807) is 7.11 Å². The molecule has 1 saturated heterocycles. The van der Waals surface area contributed by atoms with Gasteiger partial charge >= 0.3 is 0 Å². The Morgan fingerprint density at radius 2 is 1.88 bits per heavy atom. The fourth-order valence-electron chi connectivity index (χ4n) is 3.30. The number of carbonyl (C=O) groups excluding carboxylic acids is 1. The Labute approximate surface area is 147 Å². The van der Waals surface area contributed by atoms with Crippen LogP contribution in [0, 0.1) is 12.3 Å². The second kappa shape index (κ2) is 6.88. The van der Waals surface area contributed by atoms with E-state index < -0.39 is 0 Å². The maximum absolute atomic E-state index is 12.7. The molecule has 1 aliphatic heterocycles. The average Bonchev–Trinajstić information content (AvgIpc) is 2.97. The van der Waals surface area contributed by atoms with E-state index in [4.69, 9.17) is 4.74 Å². The number of nitrogens with zero attached hydrogens (tertiary/aromatic N) is 2. The number of aryl methyl sites for hydroxylation is 1. The molecule has 1 aromatic heterocycles. The second-order valence-corrected chi connectivity index (χ2v) is 7.21. The summed E-state index contributed by atoms with van der Waals surface area (Å²) in [7, 11) is 1.71. The van der Waals surface area contributed by atoms with E-state index in [-0.39, 0.29) is 16.9 Å². The Morgan fingerprint density at radius 3 is 2.48 bits per heavy atom. The van der Waals surface area contributed by atoms with Crippen LogP contribution in [0.2, 0.25) is 0 Å². The van der Waals surface area contributed by atoms with Gasteiger partial charge in [-0.05, 0) is 37.3 Å². The maximum Gasteiger partial charge on any atom is 0.271 e. The van der Waals surface area contributed by atoms with E-state index in [1.807, 2.05) is 36.1 Å². The summed E-state index contributed by atoms with van der Waals surface area (Å²) in [5.74, 6) is -0.123. The lowest BCUT2D eigenvalue weighted by Gasteiger charge is -2.38. The molecule has 0 radical (unpaired) electrons. The Balaban J connectivity index is 1.75. The molecule has 0 aliphatic carbocycles. The van der Waals surface area contributed by atoms with Gasteiger partial charge in [-0.25, -0.2) is 4.68 Å². The summed E-state index contributed by atoms with van der Waals surface area (Å²) in [6.45, 7) is 6.24. The van der Waals surface area contributed by atoms with Crippen LogP contribution < -0.4 is 5.56 Å². The summed E-state index contributed by atoms with van der Waals surface area (Å²) in [4.78, 5) is 26.8. The quantitative estimate of drug-likeness (QED) is 0.927. The van der Waals surface area contributed by atoms with Crippen molar-refractivity contribution in [1.29, 1.82) is 0 Å². The summed E-state index contributed by atoms with van der Waals surface area (Å²) < 4.78 is 6.70. The largest absolute Gasteiger partial charge is 0.384 e. The maximum atomic E-state index is 12.7. The van der Waals surface area contributed by atoms with Crippen LogP contribution in [-0.2, 0) is 4.74 Å². The number of benzene rings is 1. The van der Waals surface area contributed by atoms with Crippen molar-refractivity contribution in [2.24, 2.45) is 5.41 Å². The summed E-state index contributed by atoms with van der Waals surface area (Å²) in [6.07, 6.45) is 1.80. The molecule has 0 spiro atoms. The first-order valence-corrected chi connectivity index (χ1v) is 8.59. The van der Waals surface area contributed by atoms with Crippen LogP contribution >= 0.6 is 0 Å². The zero-order valence-electron chi connectivity index (χ0n) is 15.0. The molecule has 1 amide bonds. The number of H-pyrrole nitrogens is 1. The number of hydrogen-bond donors (Lipinski definition) is 1. The third kappa shape index (κ3) is 3.69. The summed E-state index contributed by atoms with van der Waals surface area (Å²) >= 11 is 0. The Hall–Kier alpha value is -2.34. The molecule has 0 saturated carbocycles. The zero-order chi connectivity index (χ0) is 18.0. The normalized spacial score (nSPS) is 16.8. The molecule has 2 aromatic rings. The number of nitrogens with one attached hydrogen (secondary N) is 1. The summed E-state index contributed by atoms with van der Waals surface area (Å²) in [5.41, 5.74) is 2.06. The van der Waals surface area contributed by atoms with Gasteiger partial charge in [0, 0.05) is 26.3 Å². The van der Waals surface area contributed by atoms with Gasteiger partial charge in [0.1, 0.15) is 5.69 Å². The second-order valence-electron chi connectivity index (χ2n) is 7.21. The van der Waals surface area contributed by atoms with Gasteiger partial charge in [0.25, 0.3) is 11.5 Å². The van der Waals surface area contributed by atoms with Crippen LogP contribution in [-0.4, -0.2) is 47.4 Å². The number of methoxy groups -OCH3 is 1. The van der Waals surface area contributed by atoms with Crippen molar-refractivity contribution in [2.75, 3.05) is 26.8 Å². The third-order valence-electron chi connectivity index (χ3n) is 4.99. The van der Waals surface area contributed by atoms with Gasteiger partial charge in [-0.1, -0.05) is 24.6 Å². The smallest absolute Gasteiger partial charge is 0.271 e. The number of amides is 1. The molecular weight excluding hydrogens is 318 g/mol. The van der Waals surface area contributed by atoms with Crippen molar-refractivity contribution < 1.29 is 9.53 Å². The van der Waals surface area contributed by atoms with Crippen LogP contribution in [0.25, 0.3) is 5.69 Å². The molecular formula is C19H25N3O3.